The summed E-state index contributed by atoms with van der Waals surface area (Å²) in [7, 11) is 0. The first-order valence-electron chi connectivity index (χ1n) is 4.62. The lowest BCUT2D eigenvalue weighted by Crippen LogP contribution is -2.01. The van der Waals surface area contributed by atoms with Crippen molar-refractivity contribution in [2.24, 2.45) is 0 Å². The van der Waals surface area contributed by atoms with Gasteiger partial charge in [-0.1, -0.05) is 30.3 Å². The molecule has 2 aromatic rings. The fraction of sp³-hybridized carbons (Fsp3) is 0.0833. The molecule has 2 nitrogen and oxygen atoms in total. The van der Waals surface area contributed by atoms with Gasteiger partial charge >= 0.3 is 0 Å². The van der Waals surface area contributed by atoms with Crippen LogP contribution in [0.4, 0.5) is 0 Å². The average Bonchev–Trinajstić information content (AvgIpc) is 2.30. The number of benzene rings is 1. The molecule has 0 bridgehead atoms. The summed E-state index contributed by atoms with van der Waals surface area (Å²) >= 11 is 3.31. The van der Waals surface area contributed by atoms with Crippen LogP contribution in [0.15, 0.2) is 53.1 Å². The molecule has 1 N–H and O–H groups in total. The van der Waals surface area contributed by atoms with E-state index in [1.54, 1.807) is 6.20 Å². The maximum atomic E-state index is 10.0. The van der Waals surface area contributed by atoms with E-state index in [2.05, 4.69) is 20.9 Å². The maximum absolute atomic E-state index is 10.0. The number of aromatic nitrogens is 1. The summed E-state index contributed by atoms with van der Waals surface area (Å²) in [6.07, 6.45) is 1.03. The Labute approximate surface area is 96.7 Å². The first-order valence-corrected chi connectivity index (χ1v) is 5.41. The lowest BCUT2D eigenvalue weighted by molar-refractivity contribution is 0.215. The number of halogens is 1. The Balaban J connectivity index is 2.29. The van der Waals surface area contributed by atoms with Crippen LogP contribution in [0, 0.1) is 0 Å². The second kappa shape index (κ2) is 4.55. The summed E-state index contributed by atoms with van der Waals surface area (Å²) in [6, 6.07) is 13.2. The minimum atomic E-state index is -0.653. The molecule has 0 aliphatic heterocycles. The second-order valence-corrected chi connectivity index (χ2v) is 4.13. The van der Waals surface area contributed by atoms with Crippen molar-refractivity contribution in [3.63, 3.8) is 0 Å². The third-order valence-corrected chi connectivity index (χ3v) is 2.61. The Kier molecular flexibility index (Phi) is 3.14. The number of rotatable bonds is 2. The van der Waals surface area contributed by atoms with Crippen LogP contribution in [-0.2, 0) is 0 Å². The smallest absolute Gasteiger partial charge is 0.121 e. The Morgan fingerprint density at radius 3 is 2.40 bits per heavy atom. The van der Waals surface area contributed by atoms with Crippen LogP contribution in [0.1, 0.15) is 17.4 Å². The molecule has 0 spiro atoms. The van der Waals surface area contributed by atoms with Gasteiger partial charge in [0.15, 0.2) is 0 Å². The molecule has 0 amide bonds. The van der Waals surface area contributed by atoms with E-state index < -0.39 is 6.10 Å². The third-order valence-electron chi connectivity index (χ3n) is 2.15. The Hall–Kier alpha value is -1.19. The van der Waals surface area contributed by atoms with Crippen molar-refractivity contribution < 1.29 is 5.11 Å². The van der Waals surface area contributed by atoms with Crippen molar-refractivity contribution >= 4 is 15.9 Å². The van der Waals surface area contributed by atoms with Gasteiger partial charge in [-0.25, -0.2) is 0 Å². The average molecular weight is 264 g/mol. The van der Waals surface area contributed by atoms with Gasteiger partial charge in [-0.05, 0) is 33.6 Å². The summed E-state index contributed by atoms with van der Waals surface area (Å²) < 4.78 is 0.909. The molecule has 1 aromatic carbocycles. The Bertz CT molecular complexity index is 427. The fourth-order valence-corrected chi connectivity index (χ4v) is 1.59. The molecule has 0 unspecified atom stereocenters. The van der Waals surface area contributed by atoms with Crippen molar-refractivity contribution in [3.8, 4) is 0 Å². The van der Waals surface area contributed by atoms with Gasteiger partial charge in [-0.3, -0.25) is 4.98 Å². The topological polar surface area (TPSA) is 33.1 Å². The van der Waals surface area contributed by atoms with E-state index in [-0.39, 0.29) is 0 Å². The number of pyridine rings is 1. The fourth-order valence-electron chi connectivity index (χ4n) is 1.36. The minimum Gasteiger partial charge on any atom is -0.382 e. The van der Waals surface area contributed by atoms with Gasteiger partial charge in [-0.15, -0.1) is 0 Å². The van der Waals surface area contributed by atoms with E-state index in [0.29, 0.717) is 5.69 Å². The van der Waals surface area contributed by atoms with Gasteiger partial charge in [0.2, 0.25) is 0 Å². The summed E-state index contributed by atoms with van der Waals surface area (Å²) in [4.78, 5) is 4.16. The first kappa shape index (κ1) is 10.3. The predicted octanol–water partition coefficient (Wildman–Crippen LogP) is 2.93. The lowest BCUT2D eigenvalue weighted by atomic mass is 10.1. The van der Waals surface area contributed by atoms with Gasteiger partial charge in [0.25, 0.3) is 0 Å². The molecule has 2 rings (SSSR count). The molecule has 0 aliphatic rings. The summed E-state index contributed by atoms with van der Waals surface area (Å²) in [6.45, 7) is 0. The Morgan fingerprint density at radius 2 is 1.80 bits per heavy atom. The van der Waals surface area contributed by atoms with Gasteiger partial charge in [0, 0.05) is 10.7 Å². The molecular formula is C12H10BrNO. The van der Waals surface area contributed by atoms with Gasteiger partial charge in [0.05, 0.1) is 5.69 Å². The zero-order valence-electron chi connectivity index (χ0n) is 7.97. The van der Waals surface area contributed by atoms with Gasteiger partial charge in [-0.2, -0.15) is 0 Å². The predicted molar refractivity (Wildman–Crippen MR) is 62.4 cm³/mol. The summed E-state index contributed by atoms with van der Waals surface area (Å²) in [5.41, 5.74) is 1.51. The molecule has 1 aromatic heterocycles. The molecule has 3 heteroatoms. The maximum Gasteiger partial charge on any atom is 0.121 e. The standard InChI is InChI=1S/C12H10BrNO/c13-10-6-7-11(14-8-10)12(15)9-4-2-1-3-5-9/h1-8,12,15H/t12-/m0/s1. The quantitative estimate of drug-likeness (QED) is 0.904. The molecule has 1 heterocycles. The molecule has 0 radical (unpaired) electrons. The van der Waals surface area contributed by atoms with E-state index in [0.717, 1.165) is 10.0 Å². The number of aliphatic hydroxyl groups is 1. The molecule has 0 saturated carbocycles. The van der Waals surface area contributed by atoms with Crippen molar-refractivity contribution in [2.45, 2.75) is 6.10 Å². The van der Waals surface area contributed by atoms with E-state index >= 15 is 0 Å². The largest absolute Gasteiger partial charge is 0.382 e. The van der Waals surface area contributed by atoms with E-state index in [1.807, 2.05) is 42.5 Å². The lowest BCUT2D eigenvalue weighted by Gasteiger charge is -2.09. The van der Waals surface area contributed by atoms with Crippen LogP contribution >= 0.6 is 15.9 Å². The molecule has 1 atom stereocenters. The molecule has 0 saturated heterocycles. The van der Waals surface area contributed by atoms with Crippen LogP contribution in [-0.4, -0.2) is 10.1 Å². The van der Waals surface area contributed by atoms with Crippen molar-refractivity contribution in [1.82, 2.24) is 4.98 Å². The summed E-state index contributed by atoms with van der Waals surface area (Å²) in [5, 5.41) is 10.0. The van der Waals surface area contributed by atoms with Crippen LogP contribution < -0.4 is 0 Å². The minimum absolute atomic E-state index is 0.653. The SMILES string of the molecule is O[C@@H](c1ccccc1)c1ccc(Br)cn1. The highest BCUT2D eigenvalue weighted by atomic mass is 79.9. The van der Waals surface area contributed by atoms with Crippen LogP contribution in [0.25, 0.3) is 0 Å². The molecule has 15 heavy (non-hydrogen) atoms. The van der Waals surface area contributed by atoms with Crippen LogP contribution in [0.3, 0.4) is 0 Å². The highest BCUT2D eigenvalue weighted by Crippen LogP contribution is 2.20. The normalized spacial score (nSPS) is 12.4. The van der Waals surface area contributed by atoms with E-state index in [9.17, 15) is 5.11 Å². The van der Waals surface area contributed by atoms with Gasteiger partial charge in [0.1, 0.15) is 6.10 Å². The van der Waals surface area contributed by atoms with Crippen molar-refractivity contribution in [1.29, 1.82) is 0 Å². The number of hydrogen-bond acceptors (Lipinski definition) is 2. The van der Waals surface area contributed by atoms with E-state index in [4.69, 9.17) is 0 Å². The highest BCUT2D eigenvalue weighted by molar-refractivity contribution is 9.10. The monoisotopic (exact) mass is 263 g/mol. The van der Waals surface area contributed by atoms with Crippen LogP contribution in [0.2, 0.25) is 0 Å². The number of nitrogens with zero attached hydrogens (tertiary/aromatic N) is 1. The van der Waals surface area contributed by atoms with Crippen LogP contribution in [0.5, 0.6) is 0 Å². The van der Waals surface area contributed by atoms with Crippen molar-refractivity contribution in [3.05, 3.63) is 64.4 Å². The van der Waals surface area contributed by atoms with Crippen molar-refractivity contribution in [2.75, 3.05) is 0 Å². The Morgan fingerprint density at radius 1 is 1.07 bits per heavy atom. The second-order valence-electron chi connectivity index (χ2n) is 3.21. The third kappa shape index (κ3) is 2.43. The number of hydrogen-bond donors (Lipinski definition) is 1. The molecular weight excluding hydrogens is 254 g/mol. The highest BCUT2D eigenvalue weighted by Gasteiger charge is 2.10. The number of aliphatic hydroxyl groups excluding tert-OH is 1. The molecule has 0 aliphatic carbocycles. The van der Waals surface area contributed by atoms with E-state index in [1.165, 1.54) is 0 Å². The molecule has 0 fully saturated rings. The summed E-state index contributed by atoms with van der Waals surface area (Å²) in [5.74, 6) is 0. The zero-order valence-corrected chi connectivity index (χ0v) is 9.55. The first-order chi connectivity index (χ1) is 7.27. The molecule has 76 valence electrons. The van der Waals surface area contributed by atoms with Gasteiger partial charge < -0.3 is 5.11 Å². The zero-order chi connectivity index (χ0) is 10.7.